The van der Waals surface area contributed by atoms with E-state index in [9.17, 15) is 5.26 Å². The number of methoxy groups -OCH3 is 1. The van der Waals surface area contributed by atoms with Crippen LogP contribution in [0, 0.1) is 11.3 Å². The number of nitrogens with one attached hydrogen (secondary N) is 1. The van der Waals surface area contributed by atoms with Crippen LogP contribution in [-0.2, 0) is 10.3 Å². The monoisotopic (exact) mass is 275 g/mol. The summed E-state index contributed by atoms with van der Waals surface area (Å²) in [5, 5.41) is 12.8. The molecule has 0 saturated carbocycles. The van der Waals surface area contributed by atoms with Gasteiger partial charge < -0.3 is 9.64 Å². The summed E-state index contributed by atoms with van der Waals surface area (Å²) in [5.74, 6) is 0. The first-order valence-electron chi connectivity index (χ1n) is 7.01. The third kappa shape index (κ3) is 4.61. The molecule has 0 aliphatic heterocycles. The molecular weight excluding hydrogens is 250 g/mol. The smallest absolute Gasteiger partial charge is 0.133 e. The Morgan fingerprint density at radius 2 is 2.00 bits per heavy atom. The van der Waals surface area contributed by atoms with E-state index in [0.717, 1.165) is 38.1 Å². The van der Waals surface area contributed by atoms with Crippen LogP contribution in [0.25, 0.3) is 0 Å². The Labute approximate surface area is 122 Å². The standard InChI is InChI=1S/C16H25N3O/c1-18-16(14-17,15-8-5-4-6-9-15)10-12-19(2)11-7-13-20-3/h4-6,8-9,18H,7,10-13H2,1-3H3. The second kappa shape index (κ2) is 8.70. The molecule has 1 aromatic rings. The number of nitriles is 1. The Bertz CT molecular complexity index is 415. The van der Waals surface area contributed by atoms with Crippen molar-refractivity contribution in [1.29, 1.82) is 5.26 Å². The quantitative estimate of drug-likeness (QED) is 0.700. The van der Waals surface area contributed by atoms with Crippen molar-refractivity contribution in [3.8, 4) is 6.07 Å². The summed E-state index contributed by atoms with van der Waals surface area (Å²) in [6.45, 7) is 2.62. The minimum absolute atomic E-state index is 0.614. The SMILES string of the molecule is CNC(C#N)(CCN(C)CCCOC)c1ccccc1. The molecule has 0 bridgehead atoms. The number of nitrogens with zero attached hydrogens (tertiary/aromatic N) is 2. The molecule has 0 aliphatic rings. The van der Waals surface area contributed by atoms with Crippen LogP contribution in [0.15, 0.2) is 30.3 Å². The number of rotatable bonds is 9. The Kier molecular flexibility index (Phi) is 7.24. The highest BCUT2D eigenvalue weighted by atomic mass is 16.5. The van der Waals surface area contributed by atoms with Gasteiger partial charge in [-0.25, -0.2) is 0 Å². The molecule has 4 nitrogen and oxygen atoms in total. The van der Waals surface area contributed by atoms with E-state index < -0.39 is 5.54 Å². The van der Waals surface area contributed by atoms with Crippen LogP contribution in [0.5, 0.6) is 0 Å². The van der Waals surface area contributed by atoms with E-state index in [0.29, 0.717) is 0 Å². The second-order valence-electron chi connectivity index (χ2n) is 5.03. The van der Waals surface area contributed by atoms with Gasteiger partial charge in [-0.2, -0.15) is 5.26 Å². The van der Waals surface area contributed by atoms with E-state index in [1.54, 1.807) is 7.11 Å². The molecule has 0 saturated heterocycles. The van der Waals surface area contributed by atoms with Crippen molar-refractivity contribution in [2.45, 2.75) is 18.4 Å². The van der Waals surface area contributed by atoms with E-state index >= 15 is 0 Å². The molecule has 20 heavy (non-hydrogen) atoms. The maximum Gasteiger partial charge on any atom is 0.133 e. The zero-order valence-electron chi connectivity index (χ0n) is 12.7. The molecule has 0 heterocycles. The van der Waals surface area contributed by atoms with Crippen molar-refractivity contribution in [2.24, 2.45) is 0 Å². The minimum Gasteiger partial charge on any atom is -0.385 e. The summed E-state index contributed by atoms with van der Waals surface area (Å²) in [4.78, 5) is 2.24. The zero-order chi connectivity index (χ0) is 14.8. The number of hydrogen-bond acceptors (Lipinski definition) is 4. The van der Waals surface area contributed by atoms with Gasteiger partial charge in [0.25, 0.3) is 0 Å². The first kappa shape index (κ1) is 16.6. The highest BCUT2D eigenvalue weighted by Crippen LogP contribution is 2.24. The van der Waals surface area contributed by atoms with Gasteiger partial charge in [0.2, 0.25) is 0 Å². The lowest BCUT2D eigenvalue weighted by molar-refractivity contribution is 0.176. The van der Waals surface area contributed by atoms with Crippen LogP contribution in [-0.4, -0.2) is 45.8 Å². The Hall–Kier alpha value is -1.41. The summed E-state index contributed by atoms with van der Waals surface area (Å²) in [5.41, 5.74) is 0.409. The van der Waals surface area contributed by atoms with Crippen LogP contribution < -0.4 is 5.32 Å². The normalized spacial score (nSPS) is 13.9. The van der Waals surface area contributed by atoms with Gasteiger partial charge in [-0.1, -0.05) is 30.3 Å². The van der Waals surface area contributed by atoms with E-state index in [2.05, 4.69) is 23.3 Å². The Morgan fingerprint density at radius 1 is 1.30 bits per heavy atom. The van der Waals surface area contributed by atoms with Crippen LogP contribution in [0.3, 0.4) is 0 Å². The zero-order valence-corrected chi connectivity index (χ0v) is 12.7. The van der Waals surface area contributed by atoms with E-state index in [-0.39, 0.29) is 0 Å². The molecule has 0 amide bonds. The summed E-state index contributed by atoms with van der Waals surface area (Å²) in [6.07, 6.45) is 1.77. The molecule has 1 N–H and O–H groups in total. The molecular formula is C16H25N3O. The van der Waals surface area contributed by atoms with Crippen LogP contribution in [0.1, 0.15) is 18.4 Å². The van der Waals surface area contributed by atoms with Crippen molar-refractivity contribution < 1.29 is 4.74 Å². The summed E-state index contributed by atoms with van der Waals surface area (Å²) >= 11 is 0. The molecule has 1 unspecified atom stereocenters. The van der Waals surface area contributed by atoms with Gasteiger partial charge >= 0.3 is 0 Å². The van der Waals surface area contributed by atoms with Crippen molar-refractivity contribution in [2.75, 3.05) is 40.9 Å². The summed E-state index contributed by atoms with van der Waals surface area (Å²) in [6, 6.07) is 12.4. The van der Waals surface area contributed by atoms with Crippen molar-refractivity contribution in [1.82, 2.24) is 10.2 Å². The lowest BCUT2D eigenvalue weighted by atomic mass is 9.88. The van der Waals surface area contributed by atoms with Crippen LogP contribution in [0.4, 0.5) is 0 Å². The summed E-state index contributed by atoms with van der Waals surface area (Å²) in [7, 11) is 5.65. The van der Waals surface area contributed by atoms with Gasteiger partial charge in [-0.15, -0.1) is 0 Å². The molecule has 110 valence electrons. The lowest BCUT2D eigenvalue weighted by Crippen LogP contribution is -2.41. The topological polar surface area (TPSA) is 48.3 Å². The van der Waals surface area contributed by atoms with Gasteiger partial charge in [-0.3, -0.25) is 5.32 Å². The fraction of sp³-hybridized carbons (Fsp3) is 0.562. The molecule has 1 rings (SSSR count). The Balaban J connectivity index is 2.62. The first-order chi connectivity index (χ1) is 9.68. The highest BCUT2D eigenvalue weighted by molar-refractivity contribution is 5.31. The van der Waals surface area contributed by atoms with Crippen molar-refractivity contribution in [3.63, 3.8) is 0 Å². The number of benzene rings is 1. The van der Waals surface area contributed by atoms with E-state index in [4.69, 9.17) is 4.74 Å². The predicted octanol–water partition coefficient (Wildman–Crippen LogP) is 1.98. The molecule has 0 spiro atoms. The maximum absolute atomic E-state index is 9.61. The van der Waals surface area contributed by atoms with Gasteiger partial charge in [-0.05, 0) is 32.5 Å². The van der Waals surface area contributed by atoms with Crippen LogP contribution in [0.2, 0.25) is 0 Å². The largest absolute Gasteiger partial charge is 0.385 e. The number of hydrogen-bond donors (Lipinski definition) is 1. The third-order valence-electron chi connectivity index (χ3n) is 3.64. The van der Waals surface area contributed by atoms with E-state index in [1.165, 1.54) is 0 Å². The Morgan fingerprint density at radius 3 is 2.55 bits per heavy atom. The molecule has 0 radical (unpaired) electrons. The molecule has 0 aromatic heterocycles. The average Bonchev–Trinajstić information content (AvgIpc) is 2.50. The molecule has 1 aromatic carbocycles. The molecule has 0 aliphatic carbocycles. The minimum atomic E-state index is -0.614. The molecule has 0 fully saturated rings. The average molecular weight is 275 g/mol. The maximum atomic E-state index is 9.61. The third-order valence-corrected chi connectivity index (χ3v) is 3.64. The lowest BCUT2D eigenvalue weighted by Gasteiger charge is -2.29. The van der Waals surface area contributed by atoms with Gasteiger partial charge in [0.05, 0.1) is 6.07 Å². The number of ether oxygens (including phenoxy) is 1. The fourth-order valence-corrected chi connectivity index (χ4v) is 2.26. The van der Waals surface area contributed by atoms with Crippen LogP contribution >= 0.6 is 0 Å². The van der Waals surface area contributed by atoms with E-state index in [1.807, 2.05) is 37.4 Å². The first-order valence-corrected chi connectivity index (χ1v) is 7.01. The predicted molar refractivity (Wildman–Crippen MR) is 81.4 cm³/mol. The highest BCUT2D eigenvalue weighted by Gasteiger charge is 2.30. The van der Waals surface area contributed by atoms with Gasteiger partial charge in [0.1, 0.15) is 5.54 Å². The second-order valence-corrected chi connectivity index (χ2v) is 5.03. The summed E-state index contributed by atoms with van der Waals surface area (Å²) < 4.78 is 5.06. The van der Waals surface area contributed by atoms with Gasteiger partial charge in [0, 0.05) is 26.8 Å². The fourth-order valence-electron chi connectivity index (χ4n) is 2.26. The molecule has 1 atom stereocenters. The molecule has 4 heteroatoms. The van der Waals surface area contributed by atoms with Crippen molar-refractivity contribution >= 4 is 0 Å². The van der Waals surface area contributed by atoms with Gasteiger partial charge in [0.15, 0.2) is 0 Å². The van der Waals surface area contributed by atoms with Crippen molar-refractivity contribution in [3.05, 3.63) is 35.9 Å².